The maximum Gasteiger partial charge on any atom is 0.220 e. The van der Waals surface area contributed by atoms with Crippen molar-refractivity contribution in [2.75, 3.05) is 6.54 Å². The average molecular weight is 344 g/mol. The van der Waals surface area contributed by atoms with Crippen molar-refractivity contribution < 1.29 is 13.6 Å². The molecule has 2 aromatic rings. The highest BCUT2D eigenvalue weighted by molar-refractivity contribution is 5.76. The van der Waals surface area contributed by atoms with Gasteiger partial charge in [0.05, 0.1) is 11.8 Å². The van der Waals surface area contributed by atoms with Crippen LogP contribution in [0, 0.1) is 11.7 Å². The molecule has 1 aliphatic carbocycles. The van der Waals surface area contributed by atoms with Crippen molar-refractivity contribution in [1.29, 1.82) is 0 Å². The molecular formula is C20H25FN2O2. The molecule has 0 radical (unpaired) electrons. The van der Waals surface area contributed by atoms with E-state index in [0.717, 1.165) is 18.9 Å². The Kier molecular flexibility index (Phi) is 6.20. The van der Waals surface area contributed by atoms with Gasteiger partial charge in [0, 0.05) is 19.4 Å². The van der Waals surface area contributed by atoms with Crippen molar-refractivity contribution in [2.45, 2.75) is 51.4 Å². The van der Waals surface area contributed by atoms with Gasteiger partial charge in [-0.05, 0) is 30.9 Å². The van der Waals surface area contributed by atoms with Gasteiger partial charge in [-0.2, -0.15) is 0 Å². The number of aromatic nitrogens is 1. The first-order valence-electron chi connectivity index (χ1n) is 9.18. The molecule has 5 heteroatoms. The van der Waals surface area contributed by atoms with Gasteiger partial charge in [0.2, 0.25) is 5.91 Å². The summed E-state index contributed by atoms with van der Waals surface area (Å²) >= 11 is 0. The van der Waals surface area contributed by atoms with Gasteiger partial charge >= 0.3 is 0 Å². The molecule has 0 saturated heterocycles. The molecule has 1 heterocycles. The molecule has 1 aliphatic rings. The predicted octanol–water partition coefficient (Wildman–Crippen LogP) is 4.50. The Hall–Kier alpha value is -2.17. The van der Waals surface area contributed by atoms with Crippen LogP contribution in [0.4, 0.5) is 4.39 Å². The number of nitrogens with one attached hydrogen (secondary N) is 1. The number of aryl methyl sites for hydroxylation is 1. The molecule has 0 aliphatic heterocycles. The molecule has 1 amide bonds. The van der Waals surface area contributed by atoms with E-state index in [9.17, 15) is 9.18 Å². The minimum Gasteiger partial charge on any atom is -0.441 e. The van der Waals surface area contributed by atoms with Gasteiger partial charge in [-0.3, -0.25) is 4.79 Å². The first-order chi connectivity index (χ1) is 12.2. The molecule has 0 spiro atoms. The smallest absolute Gasteiger partial charge is 0.220 e. The lowest BCUT2D eigenvalue weighted by atomic mass is 10.0. The van der Waals surface area contributed by atoms with E-state index in [1.54, 1.807) is 18.2 Å². The van der Waals surface area contributed by atoms with Crippen LogP contribution in [0.15, 0.2) is 34.9 Å². The van der Waals surface area contributed by atoms with Crippen molar-refractivity contribution >= 4 is 5.91 Å². The first-order valence-corrected chi connectivity index (χ1v) is 9.18. The summed E-state index contributed by atoms with van der Waals surface area (Å²) in [4.78, 5) is 16.0. The maximum absolute atomic E-state index is 13.7. The summed E-state index contributed by atoms with van der Waals surface area (Å²) in [6.07, 6.45) is 9.95. The Labute approximate surface area is 147 Å². The van der Waals surface area contributed by atoms with Gasteiger partial charge in [-0.15, -0.1) is 0 Å². The Balaban J connectivity index is 1.38. The molecular weight excluding hydrogens is 319 g/mol. The fourth-order valence-corrected chi connectivity index (χ4v) is 3.44. The Morgan fingerprint density at radius 1 is 1.28 bits per heavy atom. The fourth-order valence-electron chi connectivity index (χ4n) is 3.44. The third-order valence-electron chi connectivity index (χ3n) is 4.84. The van der Waals surface area contributed by atoms with Crippen LogP contribution in [0.1, 0.15) is 50.8 Å². The third kappa shape index (κ3) is 5.15. The Bertz CT molecular complexity index is 693. The average Bonchev–Trinajstić information content (AvgIpc) is 3.29. The molecule has 1 aromatic heterocycles. The third-order valence-corrected chi connectivity index (χ3v) is 4.84. The summed E-state index contributed by atoms with van der Waals surface area (Å²) in [5.74, 6) is 1.38. The number of carbonyl (C=O) groups excluding carboxylic acids is 1. The SMILES string of the molecule is O=C(CCc1ncc(-c2ccccc2F)o1)NCCCC1CCCC1. The molecule has 1 N–H and O–H groups in total. The molecule has 134 valence electrons. The van der Waals surface area contributed by atoms with E-state index in [1.807, 2.05) is 0 Å². The lowest BCUT2D eigenvalue weighted by Gasteiger charge is -2.09. The molecule has 1 aromatic carbocycles. The molecule has 0 unspecified atom stereocenters. The van der Waals surface area contributed by atoms with Crippen molar-refractivity contribution in [3.05, 3.63) is 42.2 Å². The van der Waals surface area contributed by atoms with E-state index < -0.39 is 0 Å². The van der Waals surface area contributed by atoms with Crippen molar-refractivity contribution in [3.63, 3.8) is 0 Å². The quantitative estimate of drug-likeness (QED) is 0.717. The van der Waals surface area contributed by atoms with Crippen LogP contribution in [0.3, 0.4) is 0 Å². The van der Waals surface area contributed by atoms with E-state index in [-0.39, 0.29) is 11.7 Å². The van der Waals surface area contributed by atoms with Crippen LogP contribution >= 0.6 is 0 Å². The Morgan fingerprint density at radius 2 is 2.08 bits per heavy atom. The largest absolute Gasteiger partial charge is 0.441 e. The number of hydrogen-bond acceptors (Lipinski definition) is 3. The number of benzene rings is 1. The molecule has 0 bridgehead atoms. The van der Waals surface area contributed by atoms with E-state index >= 15 is 0 Å². The minimum atomic E-state index is -0.342. The summed E-state index contributed by atoms with van der Waals surface area (Å²) in [5.41, 5.74) is 0.387. The Morgan fingerprint density at radius 3 is 2.88 bits per heavy atom. The summed E-state index contributed by atoms with van der Waals surface area (Å²) in [7, 11) is 0. The van der Waals surface area contributed by atoms with E-state index in [2.05, 4.69) is 10.3 Å². The zero-order valence-electron chi connectivity index (χ0n) is 14.5. The second-order valence-corrected chi connectivity index (χ2v) is 6.74. The lowest BCUT2D eigenvalue weighted by Crippen LogP contribution is -2.25. The van der Waals surface area contributed by atoms with Gasteiger partial charge in [-0.25, -0.2) is 9.37 Å². The second kappa shape index (κ2) is 8.79. The van der Waals surface area contributed by atoms with Crippen LogP contribution in [-0.2, 0) is 11.2 Å². The highest BCUT2D eigenvalue weighted by Crippen LogP contribution is 2.28. The summed E-state index contributed by atoms with van der Waals surface area (Å²) in [6, 6.07) is 6.42. The number of amides is 1. The van der Waals surface area contributed by atoms with Crippen molar-refractivity contribution in [1.82, 2.24) is 10.3 Å². The molecule has 4 nitrogen and oxygen atoms in total. The van der Waals surface area contributed by atoms with Crippen LogP contribution in [0.2, 0.25) is 0 Å². The normalized spacial score (nSPS) is 14.8. The van der Waals surface area contributed by atoms with Crippen molar-refractivity contribution in [3.8, 4) is 11.3 Å². The number of oxazole rings is 1. The molecule has 0 atom stereocenters. The molecule has 3 rings (SSSR count). The summed E-state index contributed by atoms with van der Waals surface area (Å²) < 4.78 is 19.3. The van der Waals surface area contributed by atoms with Gasteiger partial charge in [-0.1, -0.05) is 37.8 Å². The van der Waals surface area contributed by atoms with Crippen LogP contribution in [0.25, 0.3) is 11.3 Å². The second-order valence-electron chi connectivity index (χ2n) is 6.74. The maximum atomic E-state index is 13.7. The molecule has 1 saturated carbocycles. The zero-order chi connectivity index (χ0) is 17.5. The van der Waals surface area contributed by atoms with Crippen LogP contribution in [0.5, 0.6) is 0 Å². The fraction of sp³-hybridized carbons (Fsp3) is 0.500. The van der Waals surface area contributed by atoms with Crippen LogP contribution in [-0.4, -0.2) is 17.4 Å². The number of halogens is 1. The lowest BCUT2D eigenvalue weighted by molar-refractivity contribution is -0.121. The van der Waals surface area contributed by atoms with Gasteiger partial charge in [0.15, 0.2) is 11.7 Å². The number of carbonyl (C=O) groups is 1. The van der Waals surface area contributed by atoms with Crippen LogP contribution < -0.4 is 5.32 Å². The van der Waals surface area contributed by atoms with E-state index in [4.69, 9.17) is 4.42 Å². The van der Waals surface area contributed by atoms with Gasteiger partial charge < -0.3 is 9.73 Å². The number of rotatable bonds is 8. The molecule has 25 heavy (non-hydrogen) atoms. The summed E-state index contributed by atoms with van der Waals surface area (Å²) in [6.45, 7) is 0.737. The number of hydrogen-bond donors (Lipinski definition) is 1. The predicted molar refractivity (Wildman–Crippen MR) is 94.4 cm³/mol. The highest BCUT2D eigenvalue weighted by Gasteiger charge is 2.14. The van der Waals surface area contributed by atoms with Crippen molar-refractivity contribution in [2.24, 2.45) is 5.92 Å². The monoisotopic (exact) mass is 344 g/mol. The minimum absolute atomic E-state index is 0.0112. The molecule has 1 fully saturated rings. The first kappa shape index (κ1) is 17.6. The highest BCUT2D eigenvalue weighted by atomic mass is 19.1. The topological polar surface area (TPSA) is 55.1 Å². The van der Waals surface area contributed by atoms with E-state index in [1.165, 1.54) is 44.4 Å². The zero-order valence-corrected chi connectivity index (χ0v) is 14.5. The number of nitrogens with zero attached hydrogens (tertiary/aromatic N) is 1. The van der Waals surface area contributed by atoms with Gasteiger partial charge in [0.1, 0.15) is 5.82 Å². The standard InChI is InChI=1S/C20H25FN2O2/c21-17-10-4-3-9-16(17)18-14-23-20(25-18)12-11-19(24)22-13-5-8-15-6-1-2-7-15/h3-4,9-10,14-15H,1-2,5-8,11-13H2,(H,22,24). The van der Waals surface area contributed by atoms with E-state index in [0.29, 0.717) is 30.1 Å². The summed E-state index contributed by atoms with van der Waals surface area (Å²) in [5, 5.41) is 2.96. The van der Waals surface area contributed by atoms with Gasteiger partial charge in [0.25, 0.3) is 0 Å².